The molecule has 2 unspecified atom stereocenters. The van der Waals surface area contributed by atoms with Crippen molar-refractivity contribution in [3.05, 3.63) is 34.9 Å². The molecular weight excluding hydrogens is 238 g/mol. The summed E-state index contributed by atoms with van der Waals surface area (Å²) in [5.74, 6) is 0. The fourth-order valence-electron chi connectivity index (χ4n) is 3.52. The summed E-state index contributed by atoms with van der Waals surface area (Å²) in [4.78, 5) is 0. The van der Waals surface area contributed by atoms with Gasteiger partial charge in [0.2, 0.25) is 0 Å². The number of nitrogens with one attached hydrogen (secondary N) is 1. The largest absolute Gasteiger partial charge is 0.389 e. The first-order valence-corrected chi connectivity index (χ1v) is 7.17. The zero-order chi connectivity index (χ0) is 13.5. The molecule has 3 heteroatoms. The highest BCUT2D eigenvalue weighted by molar-refractivity contribution is 5.34. The molecule has 3 nitrogen and oxygen atoms in total. The summed E-state index contributed by atoms with van der Waals surface area (Å²) in [6, 6.07) is 6.99. The van der Waals surface area contributed by atoms with Crippen molar-refractivity contribution >= 4 is 0 Å². The molecule has 3 rings (SSSR count). The molecule has 0 aliphatic carbocycles. The molecule has 19 heavy (non-hydrogen) atoms. The van der Waals surface area contributed by atoms with E-state index in [-0.39, 0.29) is 0 Å². The third-order valence-electron chi connectivity index (χ3n) is 4.60. The summed E-state index contributed by atoms with van der Waals surface area (Å²) in [7, 11) is 0. The lowest BCUT2D eigenvalue weighted by atomic mass is 9.78. The van der Waals surface area contributed by atoms with Gasteiger partial charge in [-0.25, -0.2) is 0 Å². The number of morpholine rings is 1. The third-order valence-corrected chi connectivity index (χ3v) is 4.60. The molecule has 2 aliphatic heterocycles. The maximum absolute atomic E-state index is 11.0. The van der Waals surface area contributed by atoms with E-state index in [1.54, 1.807) is 0 Å². The third kappa shape index (κ3) is 2.69. The molecule has 1 aromatic carbocycles. The first kappa shape index (κ1) is 13.1. The molecule has 0 spiro atoms. The summed E-state index contributed by atoms with van der Waals surface area (Å²) in [6.07, 6.45) is 2.34. The number of hydrogen-bond acceptors (Lipinski definition) is 3. The average Bonchev–Trinajstić information content (AvgIpc) is 2.34. The van der Waals surface area contributed by atoms with Crippen LogP contribution in [0.15, 0.2) is 18.2 Å². The fraction of sp³-hybridized carbons (Fsp3) is 0.625. The molecule has 2 saturated heterocycles. The Labute approximate surface area is 115 Å². The quantitative estimate of drug-likeness (QED) is 0.852. The Morgan fingerprint density at radius 1 is 1.26 bits per heavy atom. The maximum Gasteiger partial charge on any atom is 0.0719 e. The van der Waals surface area contributed by atoms with Gasteiger partial charge in [-0.1, -0.05) is 18.2 Å². The van der Waals surface area contributed by atoms with Gasteiger partial charge in [0.25, 0.3) is 0 Å². The van der Waals surface area contributed by atoms with E-state index in [4.69, 9.17) is 4.74 Å². The summed E-state index contributed by atoms with van der Waals surface area (Å²) in [5.41, 5.74) is 3.32. The van der Waals surface area contributed by atoms with Crippen molar-refractivity contribution in [3.8, 4) is 0 Å². The molecule has 0 saturated carbocycles. The Bertz CT molecular complexity index is 460. The van der Waals surface area contributed by atoms with Crippen LogP contribution in [0.1, 0.15) is 29.5 Å². The van der Waals surface area contributed by atoms with E-state index in [0.29, 0.717) is 12.1 Å². The van der Waals surface area contributed by atoms with Crippen LogP contribution >= 0.6 is 0 Å². The van der Waals surface area contributed by atoms with Gasteiger partial charge in [0.05, 0.1) is 18.8 Å². The van der Waals surface area contributed by atoms with Crippen LogP contribution in [0.3, 0.4) is 0 Å². The minimum Gasteiger partial charge on any atom is -0.389 e. The standard InChI is InChI=1S/C16H23NO2/c1-11-4-3-5-13(12(11)2)6-16(18)7-14-9-19-10-15(8-16)17-14/h3-5,14-15,17-18H,6-10H2,1-2H3. The summed E-state index contributed by atoms with van der Waals surface area (Å²) < 4.78 is 5.55. The number of benzene rings is 1. The number of fused-ring (bicyclic) bond motifs is 2. The Morgan fingerprint density at radius 2 is 1.95 bits per heavy atom. The molecule has 2 N–H and O–H groups in total. The van der Waals surface area contributed by atoms with Crippen molar-refractivity contribution in [1.29, 1.82) is 0 Å². The topological polar surface area (TPSA) is 41.5 Å². The van der Waals surface area contributed by atoms with Crippen molar-refractivity contribution in [2.45, 2.75) is 50.8 Å². The van der Waals surface area contributed by atoms with Crippen molar-refractivity contribution in [3.63, 3.8) is 0 Å². The minimum atomic E-state index is -0.580. The Kier molecular flexibility index (Phi) is 3.37. The monoisotopic (exact) mass is 261 g/mol. The minimum absolute atomic E-state index is 0.308. The van der Waals surface area contributed by atoms with E-state index in [1.807, 2.05) is 0 Å². The van der Waals surface area contributed by atoms with Gasteiger partial charge in [0.15, 0.2) is 0 Å². The van der Waals surface area contributed by atoms with E-state index in [1.165, 1.54) is 16.7 Å². The zero-order valence-corrected chi connectivity index (χ0v) is 11.8. The van der Waals surface area contributed by atoms with Crippen LogP contribution in [0.4, 0.5) is 0 Å². The summed E-state index contributed by atoms with van der Waals surface area (Å²) in [5, 5.41) is 14.5. The van der Waals surface area contributed by atoms with Gasteiger partial charge >= 0.3 is 0 Å². The van der Waals surface area contributed by atoms with Crippen LogP contribution < -0.4 is 5.32 Å². The number of piperidine rings is 1. The Balaban J connectivity index is 1.80. The molecule has 1 aromatic rings. The van der Waals surface area contributed by atoms with Crippen molar-refractivity contribution in [2.24, 2.45) is 0 Å². The van der Waals surface area contributed by atoms with Gasteiger partial charge in [-0.05, 0) is 43.4 Å². The number of aryl methyl sites for hydroxylation is 1. The molecule has 2 bridgehead atoms. The van der Waals surface area contributed by atoms with Gasteiger partial charge in [0.1, 0.15) is 0 Å². The average molecular weight is 261 g/mol. The molecule has 2 aliphatic rings. The molecule has 0 amide bonds. The van der Waals surface area contributed by atoms with Gasteiger partial charge < -0.3 is 15.2 Å². The van der Waals surface area contributed by atoms with Gasteiger partial charge in [0, 0.05) is 18.5 Å². The van der Waals surface area contributed by atoms with E-state index in [2.05, 4.69) is 37.4 Å². The van der Waals surface area contributed by atoms with E-state index in [0.717, 1.165) is 32.5 Å². The summed E-state index contributed by atoms with van der Waals surface area (Å²) >= 11 is 0. The highest BCUT2D eigenvalue weighted by Gasteiger charge is 2.41. The highest BCUT2D eigenvalue weighted by Crippen LogP contribution is 2.32. The summed E-state index contributed by atoms with van der Waals surface area (Å²) in [6.45, 7) is 5.74. The van der Waals surface area contributed by atoms with Crippen molar-refractivity contribution in [1.82, 2.24) is 5.32 Å². The SMILES string of the molecule is Cc1cccc(CC2(O)CC3COCC(C2)N3)c1C. The van der Waals surface area contributed by atoms with E-state index < -0.39 is 5.60 Å². The molecule has 2 heterocycles. The first-order valence-electron chi connectivity index (χ1n) is 7.17. The number of ether oxygens (including phenoxy) is 1. The van der Waals surface area contributed by atoms with Crippen LogP contribution in [0, 0.1) is 13.8 Å². The van der Waals surface area contributed by atoms with E-state index >= 15 is 0 Å². The Hall–Kier alpha value is -0.900. The lowest BCUT2D eigenvalue weighted by molar-refractivity contribution is -0.0756. The maximum atomic E-state index is 11.0. The number of aliphatic hydroxyl groups is 1. The van der Waals surface area contributed by atoms with Crippen molar-refractivity contribution in [2.75, 3.05) is 13.2 Å². The van der Waals surface area contributed by atoms with E-state index in [9.17, 15) is 5.11 Å². The molecular formula is C16H23NO2. The lowest BCUT2D eigenvalue weighted by Gasteiger charge is -2.45. The second-order valence-electron chi connectivity index (χ2n) is 6.27. The number of hydrogen-bond donors (Lipinski definition) is 2. The first-order chi connectivity index (χ1) is 9.06. The molecule has 2 atom stereocenters. The van der Waals surface area contributed by atoms with Gasteiger partial charge in [-0.15, -0.1) is 0 Å². The van der Waals surface area contributed by atoms with Crippen LogP contribution in [0.5, 0.6) is 0 Å². The van der Waals surface area contributed by atoms with Crippen LogP contribution in [0.2, 0.25) is 0 Å². The lowest BCUT2D eigenvalue weighted by Crippen LogP contribution is -2.60. The van der Waals surface area contributed by atoms with Crippen LogP contribution in [0.25, 0.3) is 0 Å². The predicted molar refractivity (Wildman–Crippen MR) is 75.3 cm³/mol. The smallest absolute Gasteiger partial charge is 0.0719 e. The second kappa shape index (κ2) is 4.89. The van der Waals surface area contributed by atoms with Gasteiger partial charge in [-0.3, -0.25) is 0 Å². The highest BCUT2D eigenvalue weighted by atomic mass is 16.5. The second-order valence-corrected chi connectivity index (χ2v) is 6.27. The molecule has 0 radical (unpaired) electrons. The van der Waals surface area contributed by atoms with Gasteiger partial charge in [-0.2, -0.15) is 0 Å². The van der Waals surface area contributed by atoms with Crippen molar-refractivity contribution < 1.29 is 9.84 Å². The number of rotatable bonds is 2. The Morgan fingerprint density at radius 3 is 2.63 bits per heavy atom. The normalized spacial score (nSPS) is 34.3. The van der Waals surface area contributed by atoms with Crippen LogP contribution in [-0.2, 0) is 11.2 Å². The fourth-order valence-corrected chi connectivity index (χ4v) is 3.52. The molecule has 2 fully saturated rings. The zero-order valence-electron chi connectivity index (χ0n) is 11.8. The molecule has 0 aromatic heterocycles. The molecule has 104 valence electrons. The predicted octanol–water partition coefficient (Wildman–Crippen LogP) is 1.73. The van der Waals surface area contributed by atoms with Crippen LogP contribution in [-0.4, -0.2) is 36.0 Å².